The second-order valence-electron chi connectivity index (χ2n) is 6.18. The molecule has 0 aromatic heterocycles. The van der Waals surface area contributed by atoms with Gasteiger partial charge in [-0.1, -0.05) is 11.6 Å². The summed E-state index contributed by atoms with van der Waals surface area (Å²) >= 11 is 5.86. The van der Waals surface area contributed by atoms with Crippen LogP contribution in [0.5, 0.6) is 0 Å². The van der Waals surface area contributed by atoms with Gasteiger partial charge in [-0.3, -0.25) is 0 Å². The van der Waals surface area contributed by atoms with Crippen LogP contribution in [-0.4, -0.2) is 58.0 Å². The number of halogens is 1. The highest BCUT2D eigenvalue weighted by Crippen LogP contribution is 2.23. The van der Waals surface area contributed by atoms with Crippen LogP contribution in [0.3, 0.4) is 0 Å². The Hall–Kier alpha value is -1.20. The molecule has 0 radical (unpaired) electrons. The summed E-state index contributed by atoms with van der Waals surface area (Å²) in [4.78, 5) is 10.7. The van der Waals surface area contributed by atoms with Crippen LogP contribution in [-0.2, 0) is 19.9 Å². The van der Waals surface area contributed by atoms with E-state index in [0.717, 1.165) is 6.07 Å². The fourth-order valence-electron chi connectivity index (χ4n) is 2.62. The molecule has 3 N–H and O–H groups in total. The first kappa shape index (κ1) is 20.1. The fraction of sp³-hybridized carbons (Fsp3) is 0.500. The van der Waals surface area contributed by atoms with Crippen LogP contribution in [0.4, 0.5) is 0 Å². The van der Waals surface area contributed by atoms with Gasteiger partial charge < -0.3 is 10.4 Å². The molecule has 1 aliphatic rings. The van der Waals surface area contributed by atoms with Crippen LogP contribution in [0.2, 0.25) is 5.02 Å². The third-order valence-electron chi connectivity index (χ3n) is 3.94. The largest absolute Gasteiger partial charge is 0.478 e. The highest BCUT2D eigenvalue weighted by molar-refractivity contribution is 7.91. The Bertz CT molecular complexity index is 885. The predicted molar refractivity (Wildman–Crippen MR) is 93.3 cm³/mol. The molecule has 1 aromatic rings. The van der Waals surface area contributed by atoms with Crippen molar-refractivity contribution in [1.82, 2.24) is 10.0 Å². The molecule has 1 aliphatic heterocycles. The number of carboxylic acid groups (broad SMARTS) is 1. The molecule has 11 heteroatoms. The average molecular weight is 411 g/mol. The summed E-state index contributed by atoms with van der Waals surface area (Å²) < 4.78 is 50.0. The standard InChI is InChI=1S/C14H19ClN2O6S2/c1-14(4-7-24(20,21)9-14)16-5-6-17-25(22,23)12-8-10(13(18)19)2-3-11(12)15/h2-3,8,16-17H,4-7,9H2,1H3,(H,18,19)/t14-/m1/s1. The molecule has 0 spiro atoms. The van der Waals surface area contributed by atoms with Gasteiger partial charge in [0.15, 0.2) is 9.84 Å². The number of rotatable bonds is 7. The maximum Gasteiger partial charge on any atom is 0.335 e. The molecule has 0 aliphatic carbocycles. The van der Waals surface area contributed by atoms with Gasteiger partial charge in [-0.2, -0.15) is 0 Å². The lowest BCUT2D eigenvalue weighted by Gasteiger charge is -2.24. The summed E-state index contributed by atoms with van der Waals surface area (Å²) in [7, 11) is -7.04. The van der Waals surface area contributed by atoms with Gasteiger partial charge in [0.05, 0.1) is 22.1 Å². The molecule has 0 amide bonds. The van der Waals surface area contributed by atoms with Crippen molar-refractivity contribution in [2.24, 2.45) is 0 Å². The molecule has 25 heavy (non-hydrogen) atoms. The second-order valence-corrected chi connectivity index (χ2v) is 10.5. The normalized spacial score (nSPS) is 22.8. The maximum absolute atomic E-state index is 12.3. The van der Waals surface area contributed by atoms with Crippen LogP contribution in [0.25, 0.3) is 0 Å². The van der Waals surface area contributed by atoms with Gasteiger partial charge in [-0.15, -0.1) is 0 Å². The van der Waals surface area contributed by atoms with E-state index in [-0.39, 0.29) is 40.1 Å². The van der Waals surface area contributed by atoms with Crippen molar-refractivity contribution in [1.29, 1.82) is 0 Å². The van der Waals surface area contributed by atoms with Crippen LogP contribution >= 0.6 is 11.6 Å². The summed E-state index contributed by atoms with van der Waals surface area (Å²) in [6, 6.07) is 3.42. The van der Waals surface area contributed by atoms with Crippen molar-refractivity contribution in [3.63, 3.8) is 0 Å². The number of aromatic carboxylic acids is 1. The Balaban J connectivity index is 1.99. The minimum Gasteiger partial charge on any atom is -0.478 e. The van der Waals surface area contributed by atoms with Gasteiger partial charge in [0.2, 0.25) is 10.0 Å². The number of benzene rings is 1. The molecule has 1 saturated heterocycles. The quantitative estimate of drug-likeness (QED) is 0.557. The average Bonchev–Trinajstić information content (AvgIpc) is 2.78. The van der Waals surface area contributed by atoms with Crippen LogP contribution < -0.4 is 10.0 Å². The summed E-state index contributed by atoms with van der Waals surface area (Å²) in [5.41, 5.74) is -0.767. The first-order chi connectivity index (χ1) is 11.4. The summed E-state index contributed by atoms with van der Waals surface area (Å²) in [6.45, 7) is 2.01. The molecule has 1 fully saturated rings. The molecule has 8 nitrogen and oxygen atoms in total. The van der Waals surface area contributed by atoms with Crippen molar-refractivity contribution >= 4 is 37.4 Å². The molecule has 0 saturated carbocycles. The third-order valence-corrected chi connectivity index (χ3v) is 7.79. The summed E-state index contributed by atoms with van der Waals surface area (Å²) in [5, 5.41) is 11.9. The summed E-state index contributed by atoms with van der Waals surface area (Å²) in [5.74, 6) is -1.14. The lowest BCUT2D eigenvalue weighted by molar-refractivity contribution is 0.0696. The number of carbonyl (C=O) groups is 1. The lowest BCUT2D eigenvalue weighted by atomic mass is 10.0. The zero-order chi connectivity index (χ0) is 18.9. The Morgan fingerprint density at radius 1 is 1.36 bits per heavy atom. The Morgan fingerprint density at radius 2 is 2.04 bits per heavy atom. The molecule has 0 bridgehead atoms. The molecular formula is C14H19ClN2O6S2. The number of sulfonamides is 1. The van der Waals surface area contributed by atoms with E-state index < -0.39 is 31.4 Å². The van der Waals surface area contributed by atoms with Crippen molar-refractivity contribution in [2.45, 2.75) is 23.8 Å². The van der Waals surface area contributed by atoms with E-state index in [9.17, 15) is 21.6 Å². The maximum atomic E-state index is 12.3. The van der Waals surface area contributed by atoms with Crippen LogP contribution in [0, 0.1) is 0 Å². The number of sulfone groups is 1. The minimum absolute atomic E-state index is 0.00555. The van der Waals surface area contributed by atoms with Gasteiger partial charge in [-0.05, 0) is 31.5 Å². The zero-order valence-electron chi connectivity index (χ0n) is 13.5. The van der Waals surface area contributed by atoms with Crippen LogP contribution in [0.15, 0.2) is 23.1 Å². The molecule has 140 valence electrons. The smallest absolute Gasteiger partial charge is 0.335 e. The van der Waals surface area contributed by atoms with Gasteiger partial charge >= 0.3 is 5.97 Å². The van der Waals surface area contributed by atoms with Crippen LogP contribution in [0.1, 0.15) is 23.7 Å². The van der Waals surface area contributed by atoms with Gasteiger partial charge in [-0.25, -0.2) is 26.4 Å². The highest BCUT2D eigenvalue weighted by Gasteiger charge is 2.37. The van der Waals surface area contributed by atoms with E-state index in [1.165, 1.54) is 12.1 Å². The minimum atomic E-state index is -3.99. The number of hydrogen-bond donors (Lipinski definition) is 3. The van der Waals surface area contributed by atoms with Crippen molar-refractivity contribution in [3.8, 4) is 0 Å². The number of hydrogen-bond acceptors (Lipinski definition) is 6. The molecule has 0 unspecified atom stereocenters. The Kier molecular flexibility index (Phi) is 5.79. The SMILES string of the molecule is C[C@@]1(NCCNS(=O)(=O)c2cc(C(=O)O)ccc2Cl)CCS(=O)(=O)C1. The molecule has 2 rings (SSSR count). The Labute approximate surface area is 151 Å². The van der Waals surface area contributed by atoms with Gasteiger partial charge in [0, 0.05) is 18.6 Å². The van der Waals surface area contributed by atoms with E-state index in [2.05, 4.69) is 10.0 Å². The van der Waals surface area contributed by atoms with Gasteiger partial charge in [0.25, 0.3) is 0 Å². The van der Waals surface area contributed by atoms with E-state index in [4.69, 9.17) is 16.7 Å². The second kappa shape index (κ2) is 7.20. The zero-order valence-corrected chi connectivity index (χ0v) is 15.8. The third kappa shape index (κ3) is 5.14. The fourth-order valence-corrected chi connectivity index (χ4v) is 6.30. The number of carboxylic acids is 1. The lowest BCUT2D eigenvalue weighted by Crippen LogP contribution is -2.46. The van der Waals surface area contributed by atoms with Crippen molar-refractivity contribution in [3.05, 3.63) is 28.8 Å². The molecule has 1 heterocycles. The van der Waals surface area contributed by atoms with Crippen molar-refractivity contribution in [2.75, 3.05) is 24.6 Å². The Morgan fingerprint density at radius 3 is 2.60 bits per heavy atom. The predicted octanol–water partition coefficient (Wildman–Crippen LogP) is 0.483. The molecular weight excluding hydrogens is 392 g/mol. The van der Waals surface area contributed by atoms with E-state index in [1.807, 2.05) is 0 Å². The van der Waals surface area contributed by atoms with Gasteiger partial charge in [0.1, 0.15) is 4.90 Å². The van der Waals surface area contributed by atoms with E-state index in [0.29, 0.717) is 6.42 Å². The highest BCUT2D eigenvalue weighted by atomic mass is 35.5. The monoisotopic (exact) mass is 410 g/mol. The first-order valence-electron chi connectivity index (χ1n) is 7.42. The first-order valence-corrected chi connectivity index (χ1v) is 11.1. The topological polar surface area (TPSA) is 130 Å². The molecule has 1 aromatic carbocycles. The van der Waals surface area contributed by atoms with E-state index in [1.54, 1.807) is 6.92 Å². The van der Waals surface area contributed by atoms with Crippen molar-refractivity contribution < 1.29 is 26.7 Å². The summed E-state index contributed by atoms with van der Waals surface area (Å²) in [6.07, 6.45) is 0.467. The van der Waals surface area contributed by atoms with E-state index >= 15 is 0 Å². The number of nitrogens with one attached hydrogen (secondary N) is 2. The molecule has 1 atom stereocenters.